The molecular formula is C23H27N5O3S. The van der Waals surface area contributed by atoms with Crippen molar-refractivity contribution >= 4 is 28.5 Å². The zero-order valence-electron chi connectivity index (χ0n) is 18.5. The highest BCUT2D eigenvalue weighted by atomic mass is 32.1. The van der Waals surface area contributed by atoms with Crippen LogP contribution in [0.25, 0.3) is 11.3 Å². The second kappa shape index (κ2) is 9.12. The number of hydrogen-bond acceptors (Lipinski definition) is 6. The average Bonchev–Trinajstić information content (AvgIpc) is 3.43. The summed E-state index contributed by atoms with van der Waals surface area (Å²) in [6, 6.07) is 11.9. The Morgan fingerprint density at radius 1 is 1.16 bits per heavy atom. The summed E-state index contributed by atoms with van der Waals surface area (Å²) in [5.74, 6) is 0.448. The van der Waals surface area contributed by atoms with E-state index in [0.29, 0.717) is 13.0 Å². The molecule has 0 saturated carbocycles. The number of aryl methyl sites for hydroxylation is 1. The predicted molar refractivity (Wildman–Crippen MR) is 124 cm³/mol. The first kappa shape index (κ1) is 22.0. The molecule has 0 bridgehead atoms. The minimum Gasteiger partial charge on any atom is -0.494 e. The average molecular weight is 454 g/mol. The zero-order chi connectivity index (χ0) is 22.7. The molecule has 0 unspecified atom stereocenters. The Labute approximate surface area is 190 Å². The van der Waals surface area contributed by atoms with Gasteiger partial charge in [0.1, 0.15) is 11.4 Å². The minimum atomic E-state index is -0.651. The Bertz CT molecular complexity index is 1190. The van der Waals surface area contributed by atoms with Crippen molar-refractivity contribution in [2.24, 2.45) is 0 Å². The topological polar surface area (TPSA) is 102 Å². The molecule has 3 aromatic rings. The maximum atomic E-state index is 13.3. The van der Waals surface area contributed by atoms with Crippen LogP contribution in [-0.2, 0) is 16.8 Å². The van der Waals surface area contributed by atoms with Crippen molar-refractivity contribution in [2.45, 2.75) is 52.0 Å². The molecule has 9 heteroatoms. The van der Waals surface area contributed by atoms with Gasteiger partial charge in [-0.15, -0.1) is 11.3 Å². The first-order chi connectivity index (χ1) is 15.4. The zero-order valence-corrected chi connectivity index (χ0v) is 19.3. The number of ether oxygens (including phenoxy) is 1. The van der Waals surface area contributed by atoms with Gasteiger partial charge in [-0.1, -0.05) is 32.4 Å². The minimum absolute atomic E-state index is 0.213. The lowest BCUT2D eigenvalue weighted by Gasteiger charge is -2.37. The number of hydrogen-bond donors (Lipinski definition) is 2. The van der Waals surface area contributed by atoms with Gasteiger partial charge < -0.3 is 10.1 Å². The first-order valence-corrected chi connectivity index (χ1v) is 11.7. The lowest BCUT2D eigenvalue weighted by Crippen LogP contribution is -2.49. The number of unbranched alkanes of at least 4 members (excludes halogenated alkanes) is 1. The van der Waals surface area contributed by atoms with Crippen molar-refractivity contribution in [2.75, 3.05) is 6.61 Å². The molecule has 1 amide bonds. The number of aromatic amines is 1. The smallest absolute Gasteiger partial charge is 0.366 e. The molecule has 0 spiro atoms. The molecule has 3 heterocycles. The van der Waals surface area contributed by atoms with Gasteiger partial charge in [-0.2, -0.15) is 4.68 Å². The fraction of sp³-hybridized carbons (Fsp3) is 0.391. The van der Waals surface area contributed by atoms with E-state index in [1.807, 2.05) is 37.3 Å². The fourth-order valence-electron chi connectivity index (χ4n) is 3.86. The summed E-state index contributed by atoms with van der Waals surface area (Å²) in [6.45, 7) is 6.90. The largest absolute Gasteiger partial charge is 0.494 e. The molecule has 2 aromatic heterocycles. The molecule has 1 aliphatic heterocycles. The summed E-state index contributed by atoms with van der Waals surface area (Å²) in [7, 11) is 0. The number of rotatable bonds is 8. The van der Waals surface area contributed by atoms with E-state index in [1.165, 1.54) is 4.88 Å². The Hall–Kier alpha value is -3.20. The van der Waals surface area contributed by atoms with Gasteiger partial charge in [-0.05, 0) is 60.0 Å². The van der Waals surface area contributed by atoms with Gasteiger partial charge in [0.05, 0.1) is 12.1 Å². The van der Waals surface area contributed by atoms with Gasteiger partial charge in [0.15, 0.2) is 0 Å². The molecular weight excluding hydrogens is 426 g/mol. The Morgan fingerprint density at radius 2 is 1.94 bits per heavy atom. The molecule has 4 rings (SSSR count). The van der Waals surface area contributed by atoms with E-state index < -0.39 is 11.2 Å². The highest BCUT2D eigenvalue weighted by Crippen LogP contribution is 2.41. The molecule has 0 fully saturated rings. The highest BCUT2D eigenvalue weighted by Gasteiger charge is 2.39. The Kier molecular flexibility index (Phi) is 6.27. The van der Waals surface area contributed by atoms with Crippen LogP contribution in [0.3, 0.4) is 0 Å². The Morgan fingerprint density at radius 3 is 2.56 bits per heavy atom. The van der Waals surface area contributed by atoms with Crippen LogP contribution in [0.15, 0.2) is 41.2 Å². The van der Waals surface area contributed by atoms with E-state index >= 15 is 0 Å². The number of aromatic nitrogens is 4. The number of carbonyl (C=O) groups excluding carboxylic acids is 1. The maximum Gasteiger partial charge on any atom is 0.366 e. The third-order valence-electron chi connectivity index (χ3n) is 5.67. The number of nitrogens with one attached hydrogen (secondary N) is 2. The van der Waals surface area contributed by atoms with E-state index in [-0.39, 0.29) is 11.6 Å². The van der Waals surface area contributed by atoms with Crippen LogP contribution >= 0.6 is 11.3 Å². The van der Waals surface area contributed by atoms with Crippen LogP contribution in [0, 0.1) is 0 Å². The third-order valence-corrected chi connectivity index (χ3v) is 6.96. The van der Waals surface area contributed by atoms with Crippen LogP contribution in [0.2, 0.25) is 0 Å². The highest BCUT2D eigenvalue weighted by molar-refractivity contribution is 7.13. The molecule has 168 valence electrons. The van der Waals surface area contributed by atoms with Crippen LogP contribution in [0.4, 0.5) is 0 Å². The van der Waals surface area contributed by atoms with E-state index in [4.69, 9.17) is 4.74 Å². The number of carbonyl (C=O) groups is 1. The van der Waals surface area contributed by atoms with Gasteiger partial charge in [0.25, 0.3) is 5.91 Å². The fourth-order valence-corrected chi connectivity index (χ4v) is 4.85. The van der Waals surface area contributed by atoms with Crippen molar-refractivity contribution in [3.8, 4) is 5.75 Å². The van der Waals surface area contributed by atoms with Crippen molar-refractivity contribution in [1.29, 1.82) is 0 Å². The molecule has 32 heavy (non-hydrogen) atoms. The number of nitrogens with zero attached hydrogens (tertiary/aromatic N) is 3. The molecule has 1 aliphatic rings. The lowest BCUT2D eigenvalue weighted by molar-refractivity contribution is -0.118. The quantitative estimate of drug-likeness (QED) is 0.508. The number of H-pyrrole nitrogens is 1. The lowest BCUT2D eigenvalue weighted by atomic mass is 9.81. The van der Waals surface area contributed by atoms with Gasteiger partial charge in [0.2, 0.25) is 0 Å². The van der Waals surface area contributed by atoms with E-state index in [1.54, 1.807) is 11.3 Å². The van der Waals surface area contributed by atoms with Crippen LogP contribution < -0.4 is 15.7 Å². The normalized spacial score (nSPS) is 18.7. The molecule has 2 N–H and O–H groups in total. The number of benzene rings is 1. The van der Waals surface area contributed by atoms with E-state index in [9.17, 15) is 9.59 Å². The van der Waals surface area contributed by atoms with Gasteiger partial charge in [-0.3, -0.25) is 4.79 Å². The van der Waals surface area contributed by atoms with Gasteiger partial charge >= 0.3 is 5.69 Å². The van der Waals surface area contributed by atoms with E-state index in [0.717, 1.165) is 45.7 Å². The van der Waals surface area contributed by atoms with Crippen molar-refractivity contribution in [3.05, 3.63) is 62.2 Å². The number of tetrazole rings is 1. The number of thiophene rings is 1. The van der Waals surface area contributed by atoms with Crippen molar-refractivity contribution in [3.63, 3.8) is 0 Å². The summed E-state index contributed by atoms with van der Waals surface area (Å²) in [5.41, 5.74) is 0.759. The summed E-state index contributed by atoms with van der Waals surface area (Å²) in [4.78, 5) is 27.7. The molecule has 1 aromatic carbocycles. The molecule has 0 saturated heterocycles. The monoisotopic (exact) mass is 453 g/mol. The molecule has 0 radical (unpaired) electrons. The Balaban J connectivity index is 1.73. The summed E-state index contributed by atoms with van der Waals surface area (Å²) in [5, 5.41) is 12.8. The number of amides is 1. The first-order valence-electron chi connectivity index (χ1n) is 10.8. The van der Waals surface area contributed by atoms with Gasteiger partial charge in [0, 0.05) is 21.7 Å². The standard InChI is InChI=1S/C23H27N5O3S/c1-4-6-13-31-16-9-7-15(8-10-16)23(3)14-18(19-12-11-17(5-2)32-19)20(21(29)24-23)28-22(30)25-26-27-28/h7-12H,4-6,13-14H2,1-3H3,(H,24,29)(H,25,27,30)/t23-/m0/s1. The second-order valence-corrected chi connectivity index (χ2v) is 9.22. The third kappa shape index (κ3) is 4.25. The molecule has 0 aliphatic carbocycles. The predicted octanol–water partition coefficient (Wildman–Crippen LogP) is 3.57. The van der Waals surface area contributed by atoms with Crippen molar-refractivity contribution in [1.82, 2.24) is 25.5 Å². The SMILES string of the molecule is CCCCOc1ccc([C@]2(C)CC(c3ccc(CC)s3)=C(n3nn[nH]c3=O)C(=O)N2)cc1. The van der Waals surface area contributed by atoms with E-state index in [2.05, 4.69) is 40.8 Å². The van der Waals surface area contributed by atoms with Crippen LogP contribution in [-0.4, -0.2) is 32.7 Å². The van der Waals surface area contributed by atoms with Crippen LogP contribution in [0.5, 0.6) is 5.75 Å². The van der Waals surface area contributed by atoms with Crippen LogP contribution in [0.1, 0.15) is 55.4 Å². The molecule has 8 nitrogen and oxygen atoms in total. The van der Waals surface area contributed by atoms with Crippen molar-refractivity contribution < 1.29 is 9.53 Å². The summed E-state index contributed by atoms with van der Waals surface area (Å²) >= 11 is 1.63. The maximum absolute atomic E-state index is 13.3. The van der Waals surface area contributed by atoms with Gasteiger partial charge in [-0.25, -0.2) is 9.89 Å². The molecule has 1 atom stereocenters. The summed E-state index contributed by atoms with van der Waals surface area (Å²) in [6.07, 6.45) is 3.50. The second-order valence-electron chi connectivity index (χ2n) is 8.05. The summed E-state index contributed by atoms with van der Waals surface area (Å²) < 4.78 is 6.82.